The van der Waals surface area contributed by atoms with Gasteiger partial charge in [0, 0.05) is 20.1 Å². The number of hydrogen-bond donors (Lipinski definition) is 1. The fourth-order valence-electron chi connectivity index (χ4n) is 2.28. The number of nitrogens with zero attached hydrogens (tertiary/aromatic N) is 1. The molecule has 0 spiro atoms. The van der Waals surface area contributed by atoms with Crippen molar-refractivity contribution in [3.63, 3.8) is 0 Å². The first-order chi connectivity index (χ1) is 9.24. The molecule has 0 saturated carbocycles. The molecule has 0 heterocycles. The molecule has 2 nitrogen and oxygen atoms in total. The topological polar surface area (TPSA) is 15.3 Å². The second kappa shape index (κ2) is 7.02. The Morgan fingerprint density at radius 3 is 2.15 bits per heavy atom. The van der Waals surface area contributed by atoms with Crippen LogP contribution >= 0.6 is 0 Å². The van der Waals surface area contributed by atoms with Gasteiger partial charge in [0.15, 0.2) is 0 Å². The Kier molecular flexibility index (Phi) is 5.93. The molecule has 0 bridgehead atoms. The maximum absolute atomic E-state index is 14.1. The van der Waals surface area contributed by atoms with Crippen LogP contribution in [-0.2, 0) is 6.54 Å². The van der Waals surface area contributed by atoms with Gasteiger partial charge in [0.2, 0.25) is 0 Å². The van der Waals surface area contributed by atoms with Crippen molar-refractivity contribution in [2.75, 3.05) is 25.0 Å². The molecule has 20 heavy (non-hydrogen) atoms. The van der Waals surface area contributed by atoms with E-state index in [0.717, 1.165) is 13.0 Å². The number of hydrogen-bond acceptors (Lipinski definition) is 2. The second-order valence-corrected chi connectivity index (χ2v) is 6.50. The molecular weight excluding hydrogens is 258 g/mol. The molecule has 0 unspecified atom stereocenters. The zero-order valence-electron chi connectivity index (χ0n) is 13.2. The molecule has 1 N–H and O–H groups in total. The molecule has 4 heteroatoms. The van der Waals surface area contributed by atoms with Gasteiger partial charge in [-0.15, -0.1) is 0 Å². The summed E-state index contributed by atoms with van der Waals surface area (Å²) in [6, 6.07) is 2.83. The van der Waals surface area contributed by atoms with Crippen LogP contribution in [0.4, 0.5) is 14.5 Å². The lowest BCUT2D eigenvalue weighted by Gasteiger charge is -2.29. The average molecular weight is 284 g/mol. The summed E-state index contributed by atoms with van der Waals surface area (Å²) in [5.74, 6) is -0.991. The van der Waals surface area contributed by atoms with Crippen molar-refractivity contribution < 1.29 is 8.78 Å². The van der Waals surface area contributed by atoms with Crippen LogP contribution in [0.15, 0.2) is 12.1 Å². The highest BCUT2D eigenvalue weighted by molar-refractivity contribution is 5.50. The zero-order chi connectivity index (χ0) is 15.3. The van der Waals surface area contributed by atoms with Crippen molar-refractivity contribution >= 4 is 5.69 Å². The van der Waals surface area contributed by atoms with Gasteiger partial charge in [-0.2, -0.15) is 0 Å². The first-order valence-corrected chi connectivity index (χ1v) is 7.14. The minimum Gasteiger partial charge on any atom is -0.369 e. The lowest BCUT2D eigenvalue weighted by Crippen LogP contribution is -2.30. The summed E-state index contributed by atoms with van der Waals surface area (Å²) < 4.78 is 28.3. The van der Waals surface area contributed by atoms with E-state index in [-0.39, 0.29) is 11.1 Å². The van der Waals surface area contributed by atoms with Gasteiger partial charge in [-0.05, 0) is 36.1 Å². The summed E-state index contributed by atoms with van der Waals surface area (Å²) in [4.78, 5) is 1.65. The van der Waals surface area contributed by atoms with Crippen LogP contribution in [0.2, 0.25) is 0 Å². The number of benzene rings is 1. The van der Waals surface area contributed by atoms with Crippen molar-refractivity contribution in [2.24, 2.45) is 5.41 Å². The SMILES string of the molecule is CCCNCc1cc(F)c(N(C)CC(C)(C)C)c(F)c1. The minimum absolute atomic E-state index is 0.0189. The summed E-state index contributed by atoms with van der Waals surface area (Å²) in [6.45, 7) is 10.1. The van der Waals surface area contributed by atoms with E-state index in [4.69, 9.17) is 0 Å². The van der Waals surface area contributed by atoms with Crippen LogP contribution in [0.5, 0.6) is 0 Å². The minimum atomic E-state index is -0.495. The van der Waals surface area contributed by atoms with Gasteiger partial charge in [0.05, 0.1) is 0 Å². The largest absolute Gasteiger partial charge is 0.369 e. The molecule has 114 valence electrons. The summed E-state index contributed by atoms with van der Waals surface area (Å²) in [6.07, 6.45) is 0.997. The molecular formula is C16H26F2N2. The van der Waals surface area contributed by atoms with Gasteiger partial charge in [0.25, 0.3) is 0 Å². The van der Waals surface area contributed by atoms with Crippen LogP contribution in [-0.4, -0.2) is 20.1 Å². The van der Waals surface area contributed by atoms with Crippen LogP contribution in [0.1, 0.15) is 39.7 Å². The summed E-state index contributed by atoms with van der Waals surface area (Å²) in [7, 11) is 1.72. The normalized spacial score (nSPS) is 11.8. The maximum Gasteiger partial charge on any atom is 0.149 e. The molecule has 1 aromatic carbocycles. The lowest BCUT2D eigenvalue weighted by atomic mass is 9.96. The third-order valence-electron chi connectivity index (χ3n) is 2.93. The van der Waals surface area contributed by atoms with Crippen molar-refractivity contribution in [3.05, 3.63) is 29.3 Å². The number of anilines is 1. The van der Waals surface area contributed by atoms with E-state index in [1.165, 1.54) is 12.1 Å². The van der Waals surface area contributed by atoms with E-state index in [1.54, 1.807) is 11.9 Å². The molecule has 0 fully saturated rings. The first-order valence-electron chi connectivity index (χ1n) is 7.14. The summed E-state index contributed by atoms with van der Waals surface area (Å²) in [5.41, 5.74) is 0.676. The molecule has 0 radical (unpaired) electrons. The van der Waals surface area contributed by atoms with Gasteiger partial charge < -0.3 is 10.2 Å². The molecule has 0 saturated heterocycles. The molecule has 0 aliphatic carbocycles. The predicted octanol–water partition coefficient (Wildman–Crippen LogP) is 3.95. The van der Waals surface area contributed by atoms with E-state index in [0.29, 0.717) is 18.7 Å². The average Bonchev–Trinajstić information content (AvgIpc) is 2.25. The van der Waals surface area contributed by atoms with E-state index >= 15 is 0 Å². The van der Waals surface area contributed by atoms with E-state index < -0.39 is 11.6 Å². The Morgan fingerprint density at radius 2 is 1.70 bits per heavy atom. The molecule has 1 aromatic rings. The Labute approximate surface area is 121 Å². The maximum atomic E-state index is 14.1. The van der Waals surface area contributed by atoms with E-state index in [2.05, 4.69) is 12.2 Å². The monoisotopic (exact) mass is 284 g/mol. The first kappa shape index (κ1) is 16.9. The quantitative estimate of drug-likeness (QED) is 0.796. The van der Waals surface area contributed by atoms with Gasteiger partial charge in [-0.3, -0.25) is 0 Å². The third-order valence-corrected chi connectivity index (χ3v) is 2.93. The Morgan fingerprint density at radius 1 is 1.15 bits per heavy atom. The second-order valence-electron chi connectivity index (χ2n) is 6.50. The van der Waals surface area contributed by atoms with Gasteiger partial charge in [-0.1, -0.05) is 27.7 Å². The van der Waals surface area contributed by atoms with Gasteiger partial charge in [-0.25, -0.2) is 8.78 Å². The van der Waals surface area contributed by atoms with Crippen molar-refractivity contribution in [1.82, 2.24) is 5.32 Å². The highest BCUT2D eigenvalue weighted by atomic mass is 19.1. The van der Waals surface area contributed by atoms with E-state index in [1.807, 2.05) is 20.8 Å². The van der Waals surface area contributed by atoms with Crippen LogP contribution in [0, 0.1) is 17.0 Å². The van der Waals surface area contributed by atoms with Crippen LogP contribution < -0.4 is 10.2 Å². The Bertz CT molecular complexity index is 416. The van der Waals surface area contributed by atoms with Crippen molar-refractivity contribution in [2.45, 2.75) is 40.7 Å². The van der Waals surface area contributed by atoms with Crippen LogP contribution in [0.3, 0.4) is 0 Å². The molecule has 0 aromatic heterocycles. The van der Waals surface area contributed by atoms with E-state index in [9.17, 15) is 8.78 Å². The smallest absolute Gasteiger partial charge is 0.149 e. The molecule has 0 amide bonds. The lowest BCUT2D eigenvalue weighted by molar-refractivity contribution is 0.414. The standard InChI is InChI=1S/C16H26F2N2/c1-6-7-19-10-12-8-13(17)15(14(18)9-12)20(5)11-16(2,3)4/h8-9,19H,6-7,10-11H2,1-5H3. The number of halogens is 2. The fourth-order valence-corrected chi connectivity index (χ4v) is 2.28. The Balaban J connectivity index is 2.88. The Hall–Kier alpha value is -1.16. The number of rotatable bonds is 6. The highest BCUT2D eigenvalue weighted by Gasteiger charge is 2.20. The molecule has 0 aliphatic rings. The number of nitrogens with one attached hydrogen (secondary N) is 1. The molecule has 1 rings (SSSR count). The van der Waals surface area contributed by atoms with Crippen LogP contribution in [0.25, 0.3) is 0 Å². The predicted molar refractivity (Wildman–Crippen MR) is 81.1 cm³/mol. The summed E-state index contributed by atoms with van der Waals surface area (Å²) >= 11 is 0. The molecule has 0 atom stereocenters. The fraction of sp³-hybridized carbons (Fsp3) is 0.625. The zero-order valence-corrected chi connectivity index (χ0v) is 13.2. The highest BCUT2D eigenvalue weighted by Crippen LogP contribution is 2.27. The third kappa shape index (κ3) is 5.08. The van der Waals surface area contributed by atoms with Crippen molar-refractivity contribution in [3.8, 4) is 0 Å². The molecule has 0 aliphatic heterocycles. The van der Waals surface area contributed by atoms with Crippen molar-refractivity contribution in [1.29, 1.82) is 0 Å². The van der Waals surface area contributed by atoms with Gasteiger partial charge >= 0.3 is 0 Å². The van der Waals surface area contributed by atoms with Gasteiger partial charge in [0.1, 0.15) is 17.3 Å². The summed E-state index contributed by atoms with van der Waals surface area (Å²) in [5, 5.41) is 3.15.